The molecule has 0 aliphatic carbocycles. The number of hydrogen-bond donors (Lipinski definition) is 1. The summed E-state index contributed by atoms with van der Waals surface area (Å²) in [6.45, 7) is 10.3. The lowest BCUT2D eigenvalue weighted by Crippen LogP contribution is -2.37. The Balaban J connectivity index is 2.93. The standard InChI is InChI=1S/C13H22BrNOS/c1-5-15-12(10-7-17-8-11(10)14)13(9(3)4)16-6-2/h7-9,12-13,15H,5-6H2,1-4H3. The van der Waals surface area contributed by atoms with E-state index in [9.17, 15) is 0 Å². The smallest absolute Gasteiger partial charge is 0.0793 e. The molecule has 0 aliphatic heterocycles. The summed E-state index contributed by atoms with van der Waals surface area (Å²) in [6, 6.07) is 0.264. The van der Waals surface area contributed by atoms with Gasteiger partial charge in [-0.1, -0.05) is 20.8 Å². The van der Waals surface area contributed by atoms with Gasteiger partial charge in [-0.3, -0.25) is 0 Å². The van der Waals surface area contributed by atoms with Crippen LogP contribution in [-0.4, -0.2) is 19.3 Å². The van der Waals surface area contributed by atoms with Crippen LogP contribution in [0.3, 0.4) is 0 Å². The maximum Gasteiger partial charge on any atom is 0.0793 e. The second-order valence-electron chi connectivity index (χ2n) is 4.37. The van der Waals surface area contributed by atoms with Crippen LogP contribution in [0.1, 0.15) is 39.3 Å². The van der Waals surface area contributed by atoms with Crippen molar-refractivity contribution in [3.8, 4) is 0 Å². The highest BCUT2D eigenvalue weighted by Gasteiger charge is 2.27. The van der Waals surface area contributed by atoms with Crippen LogP contribution < -0.4 is 5.32 Å². The first kappa shape index (κ1) is 15.2. The van der Waals surface area contributed by atoms with E-state index in [2.05, 4.69) is 59.7 Å². The van der Waals surface area contributed by atoms with Gasteiger partial charge in [0.1, 0.15) is 0 Å². The molecule has 0 spiro atoms. The first-order valence-electron chi connectivity index (χ1n) is 6.18. The van der Waals surface area contributed by atoms with Crippen LogP contribution in [0.25, 0.3) is 0 Å². The van der Waals surface area contributed by atoms with Gasteiger partial charge in [0.25, 0.3) is 0 Å². The van der Waals surface area contributed by atoms with E-state index < -0.39 is 0 Å². The molecule has 2 unspecified atom stereocenters. The maximum absolute atomic E-state index is 5.92. The summed E-state index contributed by atoms with van der Waals surface area (Å²) in [5.41, 5.74) is 1.31. The molecule has 1 aromatic rings. The zero-order valence-electron chi connectivity index (χ0n) is 11.0. The lowest BCUT2D eigenvalue weighted by Gasteiger charge is -2.30. The summed E-state index contributed by atoms with van der Waals surface area (Å²) in [6.07, 6.45) is 0.214. The Labute approximate surface area is 117 Å². The second-order valence-corrected chi connectivity index (χ2v) is 5.97. The summed E-state index contributed by atoms with van der Waals surface area (Å²) in [7, 11) is 0. The minimum absolute atomic E-state index is 0.214. The highest BCUT2D eigenvalue weighted by atomic mass is 79.9. The van der Waals surface area contributed by atoms with Crippen LogP contribution in [0, 0.1) is 5.92 Å². The molecule has 0 saturated carbocycles. The Bertz CT molecular complexity index is 327. The van der Waals surface area contributed by atoms with Crippen molar-refractivity contribution in [1.29, 1.82) is 0 Å². The van der Waals surface area contributed by atoms with Crippen molar-refractivity contribution in [3.05, 3.63) is 20.8 Å². The molecule has 17 heavy (non-hydrogen) atoms. The van der Waals surface area contributed by atoms with E-state index in [1.165, 1.54) is 10.0 Å². The van der Waals surface area contributed by atoms with Crippen LogP contribution in [0.2, 0.25) is 0 Å². The predicted molar refractivity (Wildman–Crippen MR) is 78.7 cm³/mol. The summed E-state index contributed by atoms with van der Waals surface area (Å²) >= 11 is 5.35. The molecule has 2 nitrogen and oxygen atoms in total. The van der Waals surface area contributed by atoms with Gasteiger partial charge in [0, 0.05) is 16.5 Å². The fraction of sp³-hybridized carbons (Fsp3) is 0.692. The van der Waals surface area contributed by atoms with E-state index in [4.69, 9.17) is 4.74 Å². The van der Waals surface area contributed by atoms with E-state index in [1.807, 2.05) is 0 Å². The van der Waals surface area contributed by atoms with Gasteiger partial charge in [0.15, 0.2) is 0 Å². The van der Waals surface area contributed by atoms with E-state index in [0.29, 0.717) is 5.92 Å². The number of halogens is 1. The summed E-state index contributed by atoms with van der Waals surface area (Å²) in [5, 5.41) is 7.87. The number of nitrogens with one attached hydrogen (secondary N) is 1. The van der Waals surface area contributed by atoms with Gasteiger partial charge in [-0.2, -0.15) is 11.3 Å². The molecule has 0 fully saturated rings. The Morgan fingerprint density at radius 1 is 1.35 bits per heavy atom. The molecule has 0 radical (unpaired) electrons. The fourth-order valence-electron chi connectivity index (χ4n) is 2.00. The van der Waals surface area contributed by atoms with E-state index in [1.54, 1.807) is 11.3 Å². The van der Waals surface area contributed by atoms with Crippen molar-refractivity contribution < 1.29 is 4.74 Å². The number of hydrogen-bond acceptors (Lipinski definition) is 3. The summed E-state index contributed by atoms with van der Waals surface area (Å²) in [4.78, 5) is 0. The van der Waals surface area contributed by atoms with Crippen LogP contribution in [0.5, 0.6) is 0 Å². The zero-order chi connectivity index (χ0) is 12.8. The third-order valence-electron chi connectivity index (χ3n) is 2.75. The highest BCUT2D eigenvalue weighted by Crippen LogP contribution is 2.32. The van der Waals surface area contributed by atoms with E-state index >= 15 is 0 Å². The lowest BCUT2D eigenvalue weighted by molar-refractivity contribution is 0.00312. The van der Waals surface area contributed by atoms with Crippen LogP contribution in [-0.2, 0) is 4.74 Å². The zero-order valence-corrected chi connectivity index (χ0v) is 13.4. The topological polar surface area (TPSA) is 21.3 Å². The Kier molecular flexibility index (Phi) is 6.70. The first-order chi connectivity index (χ1) is 8.11. The van der Waals surface area contributed by atoms with Gasteiger partial charge in [0.05, 0.1) is 12.1 Å². The minimum Gasteiger partial charge on any atom is -0.376 e. The monoisotopic (exact) mass is 319 g/mol. The molecule has 1 N–H and O–H groups in total. The molecule has 0 bridgehead atoms. The quantitative estimate of drug-likeness (QED) is 0.812. The first-order valence-corrected chi connectivity index (χ1v) is 7.91. The molecule has 1 aromatic heterocycles. The largest absolute Gasteiger partial charge is 0.376 e. The summed E-state index contributed by atoms with van der Waals surface area (Å²) in [5.74, 6) is 0.491. The molecule has 1 heterocycles. The average molecular weight is 320 g/mol. The normalized spacial score (nSPS) is 15.2. The molecule has 0 aromatic carbocycles. The lowest BCUT2D eigenvalue weighted by atomic mass is 9.95. The maximum atomic E-state index is 5.92. The van der Waals surface area contributed by atoms with Crippen LogP contribution in [0.4, 0.5) is 0 Å². The number of thiophene rings is 1. The van der Waals surface area contributed by atoms with Crippen molar-refractivity contribution in [2.75, 3.05) is 13.2 Å². The molecular formula is C13H22BrNOS. The molecule has 4 heteroatoms. The third-order valence-corrected chi connectivity index (χ3v) is 4.50. The van der Waals surface area contributed by atoms with Crippen LogP contribution in [0.15, 0.2) is 15.2 Å². The minimum atomic E-state index is 0.214. The van der Waals surface area contributed by atoms with E-state index in [0.717, 1.165) is 13.2 Å². The number of rotatable bonds is 7. The SMILES string of the molecule is CCNC(c1cscc1Br)C(OCC)C(C)C. The molecule has 0 aliphatic rings. The van der Waals surface area contributed by atoms with Crippen LogP contribution >= 0.6 is 27.3 Å². The van der Waals surface area contributed by atoms with Gasteiger partial charge in [0.2, 0.25) is 0 Å². The fourth-order valence-corrected chi connectivity index (χ4v) is 3.58. The van der Waals surface area contributed by atoms with Gasteiger partial charge < -0.3 is 10.1 Å². The summed E-state index contributed by atoms with van der Waals surface area (Å²) < 4.78 is 7.10. The highest BCUT2D eigenvalue weighted by molar-refractivity contribution is 9.10. The molecular weight excluding hydrogens is 298 g/mol. The Morgan fingerprint density at radius 3 is 2.47 bits per heavy atom. The van der Waals surface area contributed by atoms with Crippen molar-refractivity contribution in [2.24, 2.45) is 5.92 Å². The van der Waals surface area contributed by atoms with Crippen molar-refractivity contribution in [2.45, 2.75) is 39.8 Å². The number of ether oxygens (including phenoxy) is 1. The molecule has 98 valence electrons. The molecule has 1 rings (SSSR count). The van der Waals surface area contributed by atoms with Crippen molar-refractivity contribution >= 4 is 27.3 Å². The van der Waals surface area contributed by atoms with E-state index in [-0.39, 0.29) is 12.1 Å². The Morgan fingerprint density at radius 2 is 2.06 bits per heavy atom. The molecule has 2 atom stereocenters. The average Bonchev–Trinajstić information content (AvgIpc) is 2.69. The number of likely N-dealkylation sites (N-methyl/N-ethyl adjacent to an activating group) is 1. The Hall–Kier alpha value is 0.1000. The molecule has 0 amide bonds. The van der Waals surface area contributed by atoms with Gasteiger partial charge in [-0.05, 0) is 46.3 Å². The molecule has 0 saturated heterocycles. The van der Waals surface area contributed by atoms with Gasteiger partial charge in [-0.25, -0.2) is 0 Å². The predicted octanol–water partition coefficient (Wildman–Crippen LogP) is 4.22. The van der Waals surface area contributed by atoms with Crippen molar-refractivity contribution in [1.82, 2.24) is 5.32 Å². The third kappa shape index (κ3) is 4.05. The second kappa shape index (κ2) is 7.52. The van der Waals surface area contributed by atoms with Crippen molar-refractivity contribution in [3.63, 3.8) is 0 Å². The van der Waals surface area contributed by atoms with Gasteiger partial charge >= 0.3 is 0 Å². The van der Waals surface area contributed by atoms with Gasteiger partial charge in [-0.15, -0.1) is 0 Å².